The second-order valence-corrected chi connectivity index (χ2v) is 6.25. The van der Waals surface area contributed by atoms with Gasteiger partial charge in [-0.15, -0.1) is 0 Å². The highest BCUT2D eigenvalue weighted by Gasteiger charge is 2.22. The van der Waals surface area contributed by atoms with Gasteiger partial charge in [-0.25, -0.2) is 0 Å². The van der Waals surface area contributed by atoms with Gasteiger partial charge in [-0.2, -0.15) is 11.8 Å². The van der Waals surface area contributed by atoms with Gasteiger partial charge >= 0.3 is 0 Å². The fourth-order valence-corrected chi connectivity index (χ4v) is 2.89. The van der Waals surface area contributed by atoms with Crippen molar-refractivity contribution < 1.29 is 9.59 Å². The highest BCUT2D eigenvalue weighted by atomic mass is 32.2. The number of Topliss-reactive ketones (excluding diaryl/α,β-unsaturated/α-hetero) is 1. The molecule has 1 saturated heterocycles. The molecule has 1 aliphatic heterocycles. The van der Waals surface area contributed by atoms with Crippen molar-refractivity contribution in [3.63, 3.8) is 0 Å². The number of rotatable bonds is 5. The Labute approximate surface area is 130 Å². The number of hydrogen-bond donors (Lipinski definition) is 0. The summed E-state index contributed by atoms with van der Waals surface area (Å²) >= 11 is 1.85. The van der Waals surface area contributed by atoms with Gasteiger partial charge in [-0.1, -0.05) is 12.1 Å². The molecule has 1 heterocycles. The minimum Gasteiger partial charge on any atom is -0.336 e. The molecule has 0 aromatic heterocycles. The molecule has 2 rings (SSSR count). The van der Waals surface area contributed by atoms with Gasteiger partial charge in [0.2, 0.25) is 0 Å². The lowest BCUT2D eigenvalue weighted by molar-refractivity contribution is 0.0644. The molecule has 1 aromatic rings. The van der Waals surface area contributed by atoms with E-state index in [1.165, 1.54) is 6.92 Å². The number of carbonyl (C=O) groups is 2. The van der Waals surface area contributed by atoms with Crippen LogP contribution in [0.25, 0.3) is 0 Å². The van der Waals surface area contributed by atoms with Crippen LogP contribution in [0.2, 0.25) is 0 Å². The number of piperazine rings is 1. The van der Waals surface area contributed by atoms with E-state index >= 15 is 0 Å². The molecule has 21 heavy (non-hydrogen) atoms. The number of nitrogens with zero attached hydrogens (tertiary/aromatic N) is 2. The van der Waals surface area contributed by atoms with Crippen molar-refractivity contribution in [1.29, 1.82) is 0 Å². The van der Waals surface area contributed by atoms with Gasteiger partial charge in [-0.3, -0.25) is 14.5 Å². The van der Waals surface area contributed by atoms with E-state index in [1.54, 1.807) is 24.3 Å². The fourth-order valence-electron chi connectivity index (χ4n) is 2.45. The summed E-state index contributed by atoms with van der Waals surface area (Å²) in [6.07, 6.45) is 2.11. The lowest BCUT2D eigenvalue weighted by atomic mass is 10.1. The zero-order chi connectivity index (χ0) is 15.2. The number of carbonyl (C=O) groups excluding carboxylic acids is 2. The second-order valence-electron chi connectivity index (χ2n) is 5.26. The van der Waals surface area contributed by atoms with Crippen molar-refractivity contribution in [1.82, 2.24) is 9.80 Å². The maximum Gasteiger partial charge on any atom is 0.253 e. The standard InChI is InChI=1S/C16H22N2O2S/c1-13(19)14-4-3-5-15(12-14)16(20)18-8-6-17(7-9-18)10-11-21-2/h3-5,12H,6-11H2,1-2H3. The summed E-state index contributed by atoms with van der Waals surface area (Å²) in [5, 5.41) is 0. The van der Waals surface area contributed by atoms with Gasteiger partial charge in [-0.05, 0) is 25.3 Å². The zero-order valence-electron chi connectivity index (χ0n) is 12.7. The van der Waals surface area contributed by atoms with Crippen LogP contribution in [0.5, 0.6) is 0 Å². The van der Waals surface area contributed by atoms with Crippen LogP contribution in [0.15, 0.2) is 24.3 Å². The van der Waals surface area contributed by atoms with Crippen LogP contribution in [0.1, 0.15) is 27.6 Å². The Balaban J connectivity index is 1.95. The number of benzene rings is 1. The Hall–Kier alpha value is -1.33. The van der Waals surface area contributed by atoms with Crippen LogP contribution < -0.4 is 0 Å². The van der Waals surface area contributed by atoms with Crippen LogP contribution in [0.4, 0.5) is 0 Å². The molecule has 1 fully saturated rings. The summed E-state index contributed by atoms with van der Waals surface area (Å²) in [5.41, 5.74) is 1.21. The third-order valence-electron chi connectivity index (χ3n) is 3.79. The molecule has 1 aliphatic rings. The third-order valence-corrected chi connectivity index (χ3v) is 4.38. The van der Waals surface area contributed by atoms with E-state index in [1.807, 2.05) is 16.7 Å². The van der Waals surface area contributed by atoms with E-state index < -0.39 is 0 Å². The van der Waals surface area contributed by atoms with E-state index in [0.29, 0.717) is 11.1 Å². The summed E-state index contributed by atoms with van der Waals surface area (Å²) in [6.45, 7) is 5.99. The lowest BCUT2D eigenvalue weighted by Crippen LogP contribution is -2.49. The number of amides is 1. The number of hydrogen-bond acceptors (Lipinski definition) is 4. The van der Waals surface area contributed by atoms with Gasteiger partial charge in [0.25, 0.3) is 5.91 Å². The molecule has 0 bridgehead atoms. The molecule has 0 spiro atoms. The normalized spacial score (nSPS) is 16.0. The van der Waals surface area contributed by atoms with E-state index in [9.17, 15) is 9.59 Å². The van der Waals surface area contributed by atoms with E-state index in [0.717, 1.165) is 38.5 Å². The van der Waals surface area contributed by atoms with Crippen molar-refractivity contribution in [2.45, 2.75) is 6.92 Å². The summed E-state index contributed by atoms with van der Waals surface area (Å²) < 4.78 is 0. The third kappa shape index (κ3) is 4.32. The molecular formula is C16H22N2O2S. The van der Waals surface area contributed by atoms with Gasteiger partial charge < -0.3 is 4.90 Å². The van der Waals surface area contributed by atoms with Crippen molar-refractivity contribution in [3.8, 4) is 0 Å². The molecule has 0 N–H and O–H groups in total. The van der Waals surface area contributed by atoms with Crippen molar-refractivity contribution in [2.75, 3.05) is 44.7 Å². The Kier molecular flexibility index (Phi) is 5.82. The molecule has 0 aliphatic carbocycles. The second kappa shape index (κ2) is 7.61. The van der Waals surface area contributed by atoms with Gasteiger partial charge in [0.15, 0.2) is 5.78 Å². The van der Waals surface area contributed by atoms with Gasteiger partial charge in [0.1, 0.15) is 0 Å². The van der Waals surface area contributed by atoms with E-state index in [2.05, 4.69) is 11.2 Å². The summed E-state index contributed by atoms with van der Waals surface area (Å²) in [6, 6.07) is 7.01. The molecule has 5 heteroatoms. The predicted molar refractivity (Wildman–Crippen MR) is 87.2 cm³/mol. The Morgan fingerprint density at radius 1 is 1.14 bits per heavy atom. The highest BCUT2D eigenvalue weighted by molar-refractivity contribution is 7.98. The average molecular weight is 306 g/mol. The monoisotopic (exact) mass is 306 g/mol. The van der Waals surface area contributed by atoms with Crippen LogP contribution in [0.3, 0.4) is 0 Å². The van der Waals surface area contributed by atoms with Crippen LogP contribution in [-0.4, -0.2) is 66.2 Å². The minimum absolute atomic E-state index is 0.00784. The zero-order valence-corrected chi connectivity index (χ0v) is 13.5. The molecule has 114 valence electrons. The first-order valence-electron chi connectivity index (χ1n) is 7.23. The predicted octanol–water partition coefficient (Wildman–Crippen LogP) is 2.01. The number of thioether (sulfide) groups is 1. The average Bonchev–Trinajstić information content (AvgIpc) is 2.53. The quantitative estimate of drug-likeness (QED) is 0.780. The SMILES string of the molecule is CSCCN1CCN(C(=O)c2cccc(C(C)=O)c2)CC1. The first kappa shape index (κ1) is 16.0. The summed E-state index contributed by atoms with van der Waals surface area (Å²) in [5.74, 6) is 1.16. The van der Waals surface area contributed by atoms with Crippen molar-refractivity contribution in [3.05, 3.63) is 35.4 Å². The lowest BCUT2D eigenvalue weighted by Gasteiger charge is -2.34. The topological polar surface area (TPSA) is 40.6 Å². The molecule has 4 nitrogen and oxygen atoms in total. The van der Waals surface area contributed by atoms with E-state index in [-0.39, 0.29) is 11.7 Å². The smallest absolute Gasteiger partial charge is 0.253 e. The Morgan fingerprint density at radius 2 is 1.81 bits per heavy atom. The van der Waals surface area contributed by atoms with Gasteiger partial charge in [0, 0.05) is 49.6 Å². The summed E-state index contributed by atoms with van der Waals surface area (Å²) in [4.78, 5) is 28.2. The molecule has 1 amide bonds. The largest absolute Gasteiger partial charge is 0.336 e. The van der Waals surface area contributed by atoms with Crippen LogP contribution in [-0.2, 0) is 0 Å². The fraction of sp³-hybridized carbons (Fsp3) is 0.500. The van der Waals surface area contributed by atoms with Crippen LogP contribution >= 0.6 is 11.8 Å². The van der Waals surface area contributed by atoms with Crippen molar-refractivity contribution >= 4 is 23.5 Å². The maximum atomic E-state index is 12.5. The molecular weight excluding hydrogens is 284 g/mol. The molecule has 1 aromatic carbocycles. The minimum atomic E-state index is -0.00784. The molecule has 0 radical (unpaired) electrons. The molecule has 0 saturated carbocycles. The first-order valence-corrected chi connectivity index (χ1v) is 8.63. The Bertz CT molecular complexity index is 511. The summed E-state index contributed by atoms with van der Waals surface area (Å²) in [7, 11) is 0. The van der Waals surface area contributed by atoms with Crippen LogP contribution in [0, 0.1) is 0 Å². The first-order chi connectivity index (χ1) is 10.1. The Morgan fingerprint density at radius 3 is 2.43 bits per heavy atom. The highest BCUT2D eigenvalue weighted by Crippen LogP contribution is 2.12. The number of ketones is 1. The molecule has 0 unspecified atom stereocenters. The van der Waals surface area contributed by atoms with E-state index in [4.69, 9.17) is 0 Å². The van der Waals surface area contributed by atoms with Crippen molar-refractivity contribution in [2.24, 2.45) is 0 Å². The molecule has 0 atom stereocenters. The van der Waals surface area contributed by atoms with Gasteiger partial charge in [0.05, 0.1) is 0 Å². The maximum absolute atomic E-state index is 12.5.